The molecule has 2 N–H and O–H groups in total. The van der Waals surface area contributed by atoms with Crippen LogP contribution in [0, 0.1) is 0 Å². The Morgan fingerprint density at radius 3 is 2.11 bits per heavy atom. The molecule has 152 valence electrons. The second-order valence-electron chi connectivity index (χ2n) is 6.76. The first-order valence-corrected chi connectivity index (χ1v) is 9.55. The van der Waals surface area contributed by atoms with Gasteiger partial charge in [0.2, 0.25) is 0 Å². The average molecular weight is 386 g/mol. The number of hydrogen-bond acceptors (Lipinski definition) is 6. The van der Waals surface area contributed by atoms with Gasteiger partial charge in [-0.2, -0.15) is 0 Å². The van der Waals surface area contributed by atoms with Crippen molar-refractivity contribution in [3.63, 3.8) is 0 Å². The second kappa shape index (κ2) is 9.39. The molecule has 2 aliphatic rings. The number of rotatable bonds is 4. The summed E-state index contributed by atoms with van der Waals surface area (Å²) < 4.78 is 21.3. The summed E-state index contributed by atoms with van der Waals surface area (Å²) in [6.07, 6.45) is 2.08. The van der Waals surface area contributed by atoms with Crippen molar-refractivity contribution in [3.05, 3.63) is 58.7 Å². The minimum absolute atomic E-state index is 0.755. The van der Waals surface area contributed by atoms with Gasteiger partial charge in [-0.15, -0.1) is 0 Å². The maximum atomic E-state index is 5.42. The Morgan fingerprint density at radius 2 is 1.43 bits per heavy atom. The third kappa shape index (κ3) is 4.15. The minimum Gasteiger partial charge on any atom is -0.493 e. The van der Waals surface area contributed by atoms with E-state index in [2.05, 4.69) is 28.8 Å². The molecule has 0 saturated heterocycles. The summed E-state index contributed by atoms with van der Waals surface area (Å²) in [4.78, 5) is 0. The molecular weight excluding hydrogens is 356 g/mol. The molecule has 2 aromatic rings. The molecule has 0 atom stereocenters. The molecule has 0 saturated carbocycles. The summed E-state index contributed by atoms with van der Waals surface area (Å²) in [7, 11) is 6.64. The third-order valence-electron chi connectivity index (χ3n) is 5.29. The van der Waals surface area contributed by atoms with E-state index in [0.29, 0.717) is 0 Å². The van der Waals surface area contributed by atoms with Gasteiger partial charge < -0.3 is 24.3 Å². The van der Waals surface area contributed by atoms with E-state index in [4.69, 9.17) is 18.9 Å². The first-order valence-electron chi connectivity index (χ1n) is 9.55. The Morgan fingerprint density at radius 1 is 0.786 bits per heavy atom. The van der Waals surface area contributed by atoms with Gasteiger partial charge in [0, 0.05) is 32.9 Å². The fraction of sp³-hybridized carbons (Fsp3) is 0.455. The summed E-state index contributed by atoms with van der Waals surface area (Å²) in [6, 6.07) is 12.3. The van der Waals surface area contributed by atoms with E-state index in [0.717, 1.165) is 49.5 Å². The molecule has 0 amide bonds. The van der Waals surface area contributed by atoms with Gasteiger partial charge in [0.05, 0.1) is 14.2 Å². The lowest BCUT2D eigenvalue weighted by atomic mass is 9.98. The lowest BCUT2D eigenvalue weighted by Gasteiger charge is -2.36. The van der Waals surface area contributed by atoms with E-state index in [9.17, 15) is 0 Å². The van der Waals surface area contributed by atoms with Crippen molar-refractivity contribution in [3.8, 4) is 11.5 Å². The third-order valence-corrected chi connectivity index (χ3v) is 5.29. The van der Waals surface area contributed by atoms with Gasteiger partial charge >= 0.3 is 0 Å². The van der Waals surface area contributed by atoms with Crippen LogP contribution in [0.25, 0.3) is 0 Å². The molecule has 2 aliphatic heterocycles. The highest BCUT2D eigenvalue weighted by Gasteiger charge is 2.36. The Labute approximate surface area is 167 Å². The molecule has 0 radical (unpaired) electrons. The fourth-order valence-electron chi connectivity index (χ4n) is 3.77. The quantitative estimate of drug-likeness (QED) is 0.788. The number of benzene rings is 2. The molecule has 0 aromatic heterocycles. The van der Waals surface area contributed by atoms with Crippen molar-refractivity contribution < 1.29 is 18.9 Å². The van der Waals surface area contributed by atoms with Crippen LogP contribution in [0.1, 0.15) is 22.3 Å². The van der Waals surface area contributed by atoms with E-state index in [1.807, 2.05) is 18.2 Å². The zero-order valence-electron chi connectivity index (χ0n) is 17.1. The van der Waals surface area contributed by atoms with Gasteiger partial charge in [0.25, 0.3) is 5.91 Å². The Kier molecular flexibility index (Phi) is 6.91. The van der Waals surface area contributed by atoms with Crippen LogP contribution in [0.4, 0.5) is 0 Å². The number of fused-ring (bicyclic) bond motifs is 2. The van der Waals surface area contributed by atoms with Crippen molar-refractivity contribution >= 4 is 0 Å². The van der Waals surface area contributed by atoms with E-state index in [1.165, 1.54) is 16.7 Å². The summed E-state index contributed by atoms with van der Waals surface area (Å²) in [6.45, 7) is 2.84. The monoisotopic (exact) mass is 386 g/mol. The van der Waals surface area contributed by atoms with Crippen LogP contribution in [0.3, 0.4) is 0 Å². The molecule has 0 unspecified atom stereocenters. The van der Waals surface area contributed by atoms with E-state index in [1.54, 1.807) is 28.4 Å². The van der Waals surface area contributed by atoms with Crippen molar-refractivity contribution in [2.24, 2.45) is 0 Å². The first-order chi connectivity index (χ1) is 13.7. The molecule has 0 fully saturated rings. The molecule has 0 spiro atoms. The van der Waals surface area contributed by atoms with Crippen LogP contribution in [0.15, 0.2) is 36.4 Å². The van der Waals surface area contributed by atoms with Crippen molar-refractivity contribution in [2.75, 3.05) is 41.5 Å². The predicted octanol–water partition coefficient (Wildman–Crippen LogP) is 2.58. The standard InChI is InChI=1S/2C11H15NO2/c1-13-10-5-8-3-4-12-7-9(8)6-11(10)14-2;1-13-11(14-2)10-6-4-3-5-9(10)7-8-12-11/h5-6,12H,3-4,7H2,1-2H3;3-6,12H,7-8H2,1-2H3. The highest BCUT2D eigenvalue weighted by molar-refractivity contribution is 5.48. The zero-order valence-corrected chi connectivity index (χ0v) is 17.1. The van der Waals surface area contributed by atoms with E-state index in [-0.39, 0.29) is 0 Å². The lowest BCUT2D eigenvalue weighted by Crippen LogP contribution is -2.50. The van der Waals surface area contributed by atoms with Crippen LogP contribution in [-0.4, -0.2) is 41.5 Å². The van der Waals surface area contributed by atoms with Crippen LogP contribution in [0.5, 0.6) is 11.5 Å². The topological polar surface area (TPSA) is 61.0 Å². The highest BCUT2D eigenvalue weighted by atomic mass is 16.7. The molecule has 4 rings (SSSR count). The Hall–Kier alpha value is -2.12. The minimum atomic E-state index is -0.755. The van der Waals surface area contributed by atoms with Crippen molar-refractivity contribution in [2.45, 2.75) is 25.3 Å². The fourth-order valence-corrected chi connectivity index (χ4v) is 3.77. The number of nitrogens with one attached hydrogen (secondary N) is 2. The van der Waals surface area contributed by atoms with E-state index >= 15 is 0 Å². The summed E-state index contributed by atoms with van der Waals surface area (Å²) in [5.74, 6) is 0.887. The smallest absolute Gasteiger partial charge is 0.255 e. The van der Waals surface area contributed by atoms with Gasteiger partial charge in [-0.25, -0.2) is 0 Å². The molecule has 2 aromatic carbocycles. The number of ether oxygens (including phenoxy) is 4. The molecule has 0 aliphatic carbocycles. The lowest BCUT2D eigenvalue weighted by molar-refractivity contribution is -0.241. The number of methoxy groups -OCH3 is 4. The van der Waals surface area contributed by atoms with Crippen LogP contribution < -0.4 is 20.1 Å². The Bertz CT molecular complexity index is 746. The maximum absolute atomic E-state index is 5.42. The van der Waals surface area contributed by atoms with Crippen molar-refractivity contribution in [1.82, 2.24) is 10.6 Å². The maximum Gasteiger partial charge on any atom is 0.255 e. The highest BCUT2D eigenvalue weighted by Crippen LogP contribution is 2.32. The van der Waals surface area contributed by atoms with Crippen molar-refractivity contribution in [1.29, 1.82) is 0 Å². The first kappa shape index (κ1) is 20.6. The van der Waals surface area contributed by atoms with Gasteiger partial charge in [-0.3, -0.25) is 5.32 Å². The van der Waals surface area contributed by atoms with Gasteiger partial charge in [0.1, 0.15) is 0 Å². The second-order valence-corrected chi connectivity index (χ2v) is 6.76. The molecule has 6 nitrogen and oxygen atoms in total. The molecule has 28 heavy (non-hydrogen) atoms. The van der Waals surface area contributed by atoms with E-state index < -0.39 is 5.91 Å². The van der Waals surface area contributed by atoms with Crippen LogP contribution in [0.2, 0.25) is 0 Å². The largest absolute Gasteiger partial charge is 0.493 e. The molecular formula is C22H30N2O4. The Balaban J connectivity index is 0.000000161. The molecule has 2 heterocycles. The van der Waals surface area contributed by atoms with Crippen LogP contribution >= 0.6 is 0 Å². The predicted molar refractivity (Wildman–Crippen MR) is 109 cm³/mol. The summed E-state index contributed by atoms with van der Waals surface area (Å²) in [5, 5.41) is 6.58. The normalized spacial score (nSPS) is 16.9. The number of hydrogen-bond donors (Lipinski definition) is 2. The average Bonchev–Trinajstić information content (AvgIpc) is 2.78. The van der Waals surface area contributed by atoms with Gasteiger partial charge in [-0.05, 0) is 48.2 Å². The SMILES string of the molecule is COC1(OC)NCCc2ccccc21.COc1cc2c(cc1OC)CNCC2. The van der Waals surface area contributed by atoms with Gasteiger partial charge in [0.15, 0.2) is 11.5 Å². The molecule has 6 heteroatoms. The summed E-state index contributed by atoms with van der Waals surface area (Å²) in [5.41, 5.74) is 5.04. The summed E-state index contributed by atoms with van der Waals surface area (Å²) >= 11 is 0. The molecule has 0 bridgehead atoms. The van der Waals surface area contributed by atoms with Gasteiger partial charge in [-0.1, -0.05) is 24.3 Å². The zero-order chi connectivity index (χ0) is 20.0. The van der Waals surface area contributed by atoms with Crippen LogP contribution in [-0.2, 0) is 34.8 Å².